The van der Waals surface area contributed by atoms with Crippen LogP contribution in [0.1, 0.15) is 13.8 Å². The summed E-state index contributed by atoms with van der Waals surface area (Å²) in [6, 6.07) is -0.435. The van der Waals surface area contributed by atoms with Gasteiger partial charge in [-0.1, -0.05) is 13.8 Å². The van der Waals surface area contributed by atoms with Gasteiger partial charge in [0.2, 0.25) is 0 Å². The zero-order valence-corrected chi connectivity index (χ0v) is 10.1. The van der Waals surface area contributed by atoms with Crippen LogP contribution < -0.4 is 10.6 Å². The number of urea groups is 1. The topological polar surface area (TPSA) is 70.6 Å². The molecule has 5 nitrogen and oxygen atoms in total. The minimum Gasteiger partial charge on any atom is -0.335 e. The van der Waals surface area contributed by atoms with Crippen molar-refractivity contribution in [3.63, 3.8) is 0 Å². The molecule has 0 aromatic carbocycles. The normalized spacial score (nSPS) is 19.9. The molecular weight excluding hydrogens is 214 g/mol. The van der Waals surface area contributed by atoms with Gasteiger partial charge in [-0.15, -0.1) is 4.36 Å². The molecule has 0 aliphatic carbocycles. The lowest BCUT2D eigenvalue weighted by atomic mass is 10.2. The number of amides is 2. The lowest BCUT2D eigenvalue weighted by molar-refractivity contribution is 0.248. The van der Waals surface area contributed by atoms with Crippen LogP contribution in [0.25, 0.3) is 0 Å². The summed E-state index contributed by atoms with van der Waals surface area (Å²) in [5.41, 5.74) is 0. The van der Waals surface area contributed by atoms with Crippen LogP contribution in [0.3, 0.4) is 0 Å². The van der Waals surface area contributed by atoms with Crippen molar-refractivity contribution in [3.05, 3.63) is 0 Å². The van der Waals surface area contributed by atoms with Crippen molar-refractivity contribution >= 4 is 15.8 Å². The molecule has 1 rings (SSSR count). The van der Waals surface area contributed by atoms with Crippen LogP contribution in [0.5, 0.6) is 0 Å². The van der Waals surface area contributed by atoms with Gasteiger partial charge in [0.05, 0.1) is 9.73 Å². The lowest BCUT2D eigenvalue weighted by Crippen LogP contribution is -2.37. The second kappa shape index (κ2) is 5.46. The molecule has 1 aliphatic heterocycles. The van der Waals surface area contributed by atoms with E-state index in [1.807, 2.05) is 13.8 Å². The monoisotopic (exact) mass is 233 g/mol. The Kier molecular flexibility index (Phi) is 4.53. The van der Waals surface area contributed by atoms with E-state index in [0.717, 1.165) is 0 Å². The average molecular weight is 233 g/mol. The van der Waals surface area contributed by atoms with Gasteiger partial charge in [0.15, 0.2) is 0 Å². The third-order valence-electron chi connectivity index (χ3n) is 2.11. The number of carbonyl (C=O) groups is 1. The Balaban J connectivity index is 2.53. The van der Waals surface area contributed by atoms with Crippen molar-refractivity contribution in [2.24, 2.45) is 10.3 Å². The van der Waals surface area contributed by atoms with Gasteiger partial charge in [-0.05, 0) is 5.92 Å². The van der Waals surface area contributed by atoms with Gasteiger partial charge in [-0.3, -0.25) is 0 Å². The molecule has 88 valence electrons. The molecule has 0 radical (unpaired) electrons. The Morgan fingerprint density at radius 1 is 1.47 bits per heavy atom. The third kappa shape index (κ3) is 4.61. The van der Waals surface area contributed by atoms with Crippen molar-refractivity contribution in [2.45, 2.75) is 13.8 Å². The highest BCUT2D eigenvalue weighted by Gasteiger charge is 2.15. The molecule has 1 aliphatic rings. The summed E-state index contributed by atoms with van der Waals surface area (Å²) in [5.74, 6) is 1.33. The van der Waals surface area contributed by atoms with Crippen molar-refractivity contribution < 1.29 is 9.00 Å². The van der Waals surface area contributed by atoms with Gasteiger partial charge >= 0.3 is 6.03 Å². The molecule has 2 amide bonds. The maximum absolute atomic E-state index is 12.0. The largest absolute Gasteiger partial charge is 0.349 e. The number of hydrogen-bond acceptors (Lipinski definition) is 3. The van der Waals surface area contributed by atoms with Gasteiger partial charge in [0.1, 0.15) is 0 Å². The molecule has 0 atom stereocenters. The van der Waals surface area contributed by atoms with Crippen LogP contribution in [0.4, 0.5) is 4.79 Å². The Hall–Kier alpha value is -0.620. The van der Waals surface area contributed by atoms with Crippen LogP contribution in [0, 0.1) is 5.92 Å². The van der Waals surface area contributed by atoms with Crippen molar-refractivity contribution in [3.8, 4) is 0 Å². The molecule has 0 saturated carbocycles. The SMILES string of the molecule is CC(C)CNC(=O)N=S1(=O)CCNCC1. The maximum atomic E-state index is 12.0. The molecule has 2 N–H and O–H groups in total. The van der Waals surface area contributed by atoms with E-state index in [-0.39, 0.29) is 0 Å². The molecule has 0 aromatic rings. The van der Waals surface area contributed by atoms with E-state index in [1.165, 1.54) is 0 Å². The van der Waals surface area contributed by atoms with E-state index >= 15 is 0 Å². The summed E-state index contributed by atoms with van der Waals surface area (Å²) in [5, 5.41) is 5.74. The van der Waals surface area contributed by atoms with Crippen LogP contribution in [-0.2, 0) is 9.73 Å². The highest BCUT2D eigenvalue weighted by Crippen LogP contribution is 2.00. The summed E-state index contributed by atoms with van der Waals surface area (Å²) < 4.78 is 15.8. The first kappa shape index (κ1) is 12.4. The van der Waals surface area contributed by atoms with Gasteiger partial charge < -0.3 is 10.6 Å². The van der Waals surface area contributed by atoms with Crippen LogP contribution in [-0.4, -0.2) is 41.4 Å². The first-order valence-electron chi connectivity index (χ1n) is 5.23. The molecule has 0 spiro atoms. The smallest absolute Gasteiger partial charge is 0.335 e. The van der Waals surface area contributed by atoms with Crippen molar-refractivity contribution in [1.82, 2.24) is 10.6 Å². The lowest BCUT2D eigenvalue weighted by Gasteiger charge is -2.16. The number of nitrogens with one attached hydrogen (secondary N) is 2. The number of rotatable bonds is 2. The molecule has 0 aromatic heterocycles. The number of carbonyl (C=O) groups excluding carboxylic acids is 1. The zero-order valence-electron chi connectivity index (χ0n) is 9.28. The van der Waals surface area contributed by atoms with Gasteiger partial charge in [0.25, 0.3) is 0 Å². The first-order valence-corrected chi connectivity index (χ1v) is 7.08. The molecule has 1 fully saturated rings. The van der Waals surface area contributed by atoms with E-state index in [1.54, 1.807) is 0 Å². The van der Waals surface area contributed by atoms with Crippen molar-refractivity contribution in [2.75, 3.05) is 31.1 Å². The van der Waals surface area contributed by atoms with E-state index in [4.69, 9.17) is 0 Å². The number of nitrogens with zero attached hydrogens (tertiary/aromatic N) is 1. The predicted octanol–water partition coefficient (Wildman–Crippen LogP) is 0.423. The molecule has 1 heterocycles. The first-order chi connectivity index (χ1) is 7.02. The summed E-state index contributed by atoms with van der Waals surface area (Å²) in [6.07, 6.45) is 0. The molecule has 0 unspecified atom stereocenters. The van der Waals surface area contributed by atoms with Crippen LogP contribution in [0.15, 0.2) is 4.36 Å². The molecule has 0 bridgehead atoms. The van der Waals surface area contributed by atoms with E-state index in [9.17, 15) is 9.00 Å². The summed E-state index contributed by atoms with van der Waals surface area (Å²) in [6.45, 7) is 5.95. The minimum atomic E-state index is -2.29. The second-order valence-corrected chi connectivity index (χ2v) is 6.65. The zero-order chi connectivity index (χ0) is 11.3. The van der Waals surface area contributed by atoms with Gasteiger partial charge in [0, 0.05) is 31.1 Å². The average Bonchev–Trinajstić information content (AvgIpc) is 2.15. The summed E-state index contributed by atoms with van der Waals surface area (Å²) >= 11 is 0. The highest BCUT2D eigenvalue weighted by atomic mass is 32.2. The second-order valence-electron chi connectivity index (χ2n) is 4.10. The van der Waals surface area contributed by atoms with E-state index in [0.29, 0.717) is 37.1 Å². The highest BCUT2D eigenvalue weighted by molar-refractivity contribution is 7.94. The van der Waals surface area contributed by atoms with Gasteiger partial charge in [-0.25, -0.2) is 9.00 Å². The maximum Gasteiger partial charge on any atom is 0.349 e. The fourth-order valence-corrected chi connectivity index (χ4v) is 2.94. The third-order valence-corrected chi connectivity index (χ3v) is 4.29. The summed E-state index contributed by atoms with van der Waals surface area (Å²) in [4.78, 5) is 11.3. The Morgan fingerprint density at radius 2 is 2.07 bits per heavy atom. The standard InChI is InChI=1S/C9H19N3O2S/c1-8(2)7-11-9(13)12-15(14)5-3-10-4-6-15/h8,10H,3-7H2,1-2H3,(H,11,13). The van der Waals surface area contributed by atoms with Crippen molar-refractivity contribution in [1.29, 1.82) is 0 Å². The van der Waals surface area contributed by atoms with Crippen LogP contribution >= 0.6 is 0 Å². The molecule has 1 saturated heterocycles. The quantitative estimate of drug-likeness (QED) is 0.726. The Bertz CT molecular complexity index is 320. The predicted molar refractivity (Wildman–Crippen MR) is 61.4 cm³/mol. The minimum absolute atomic E-state index is 0.384. The van der Waals surface area contributed by atoms with Gasteiger partial charge in [-0.2, -0.15) is 0 Å². The molecular formula is C9H19N3O2S. The van der Waals surface area contributed by atoms with E-state index in [2.05, 4.69) is 15.0 Å². The Morgan fingerprint density at radius 3 is 2.60 bits per heavy atom. The van der Waals surface area contributed by atoms with Crippen LogP contribution in [0.2, 0.25) is 0 Å². The number of hydrogen-bond donors (Lipinski definition) is 2. The molecule has 6 heteroatoms. The summed E-state index contributed by atoms with van der Waals surface area (Å²) in [7, 11) is -2.29. The fourth-order valence-electron chi connectivity index (χ4n) is 1.26. The Labute approximate surface area is 91.2 Å². The molecule has 15 heavy (non-hydrogen) atoms. The fraction of sp³-hybridized carbons (Fsp3) is 0.889. The van der Waals surface area contributed by atoms with E-state index < -0.39 is 15.8 Å².